The lowest BCUT2D eigenvalue weighted by Crippen LogP contribution is -2.56. The van der Waals surface area contributed by atoms with Crippen LogP contribution in [0.3, 0.4) is 0 Å². The minimum Gasteiger partial charge on any atom is -0.507 e. The summed E-state index contributed by atoms with van der Waals surface area (Å²) in [7, 11) is 2.74. The molecule has 3 aromatic rings. The van der Waals surface area contributed by atoms with E-state index in [0.29, 0.717) is 18.4 Å². The largest absolute Gasteiger partial charge is 0.507 e. The molecular formula is C53H74N6O11. The van der Waals surface area contributed by atoms with Crippen LogP contribution in [0.5, 0.6) is 11.5 Å². The maximum atomic E-state index is 14.1. The molecule has 3 aromatic carbocycles. The van der Waals surface area contributed by atoms with Gasteiger partial charge in [-0.3, -0.25) is 28.8 Å². The molecule has 1 heterocycles. The first kappa shape index (κ1) is 56.1. The average Bonchev–Trinajstić information content (AvgIpc) is 3.34. The highest BCUT2D eigenvalue weighted by Gasteiger charge is 2.34. The first-order chi connectivity index (χ1) is 33.6. The third kappa shape index (κ3) is 17.2. The molecule has 4 rings (SSSR count). The van der Waals surface area contributed by atoms with Gasteiger partial charge < -0.3 is 51.5 Å². The Bertz CT molecular complexity index is 2220. The summed E-state index contributed by atoms with van der Waals surface area (Å²) in [6, 6.07) is 10.8. The highest BCUT2D eigenvalue weighted by molar-refractivity contribution is 5.96. The van der Waals surface area contributed by atoms with Gasteiger partial charge in [-0.15, -0.1) is 0 Å². The van der Waals surface area contributed by atoms with Crippen molar-refractivity contribution in [2.45, 2.75) is 153 Å². The number of carbonyl (C=O) groups excluding carboxylic acids is 6. The number of nitrogens with zero attached hydrogens (tertiary/aromatic N) is 2. The zero-order valence-corrected chi connectivity index (χ0v) is 41.2. The van der Waals surface area contributed by atoms with Crippen molar-refractivity contribution in [3.63, 3.8) is 0 Å². The van der Waals surface area contributed by atoms with Gasteiger partial charge in [-0.1, -0.05) is 126 Å². The van der Waals surface area contributed by atoms with Crippen LogP contribution < -0.4 is 21.3 Å². The lowest BCUT2D eigenvalue weighted by molar-refractivity contribution is -0.143. The molecule has 0 radical (unpaired) electrons. The second kappa shape index (κ2) is 28.9. The molecule has 6 amide bonds. The van der Waals surface area contributed by atoms with Crippen LogP contribution in [0.25, 0.3) is 11.1 Å². The predicted molar refractivity (Wildman–Crippen MR) is 265 cm³/mol. The number of likely N-dealkylation sites (N-methyl/N-ethyl adjacent to an activating group) is 2. The van der Waals surface area contributed by atoms with E-state index < -0.39 is 78.9 Å². The summed E-state index contributed by atoms with van der Waals surface area (Å²) >= 11 is 0. The average molecular weight is 971 g/mol. The number of hydrogen-bond donors (Lipinski definition) is 8. The molecule has 1 aliphatic rings. The summed E-state index contributed by atoms with van der Waals surface area (Å²) in [5.74, 6) is -6.21. The Balaban J connectivity index is 1.44. The summed E-state index contributed by atoms with van der Waals surface area (Å²) in [5.41, 5.74) is 1.58. The number of carbonyl (C=O) groups is 7. The van der Waals surface area contributed by atoms with Gasteiger partial charge in [0.2, 0.25) is 35.4 Å². The number of aliphatic carboxylic acids is 1. The van der Waals surface area contributed by atoms with E-state index >= 15 is 0 Å². The Morgan fingerprint density at radius 3 is 1.91 bits per heavy atom. The fourth-order valence-electron chi connectivity index (χ4n) is 8.58. The predicted octanol–water partition coefficient (Wildman–Crippen LogP) is 5.43. The van der Waals surface area contributed by atoms with Gasteiger partial charge in [0.1, 0.15) is 41.7 Å². The topological polar surface area (TPSA) is 255 Å². The number of amides is 6. The summed E-state index contributed by atoms with van der Waals surface area (Å²) in [4.78, 5) is 96.6. The molecule has 0 aliphatic carbocycles. The molecule has 0 unspecified atom stereocenters. The van der Waals surface area contributed by atoms with E-state index in [1.165, 1.54) is 120 Å². The zero-order chi connectivity index (χ0) is 51.2. The van der Waals surface area contributed by atoms with Gasteiger partial charge in [-0.05, 0) is 67.1 Å². The number of rotatable bonds is 26. The number of aryl methyl sites for hydroxylation is 1. The van der Waals surface area contributed by atoms with E-state index in [9.17, 15) is 54.0 Å². The van der Waals surface area contributed by atoms with Crippen LogP contribution in [0.4, 0.5) is 0 Å². The molecule has 0 spiro atoms. The first-order valence-electron chi connectivity index (χ1n) is 24.8. The van der Waals surface area contributed by atoms with E-state index in [-0.39, 0.29) is 53.4 Å². The normalized spacial score (nSPS) is 16.7. The molecule has 70 heavy (non-hydrogen) atoms. The first-order valence-corrected chi connectivity index (χ1v) is 24.8. The minimum atomic E-state index is -1.49. The van der Waals surface area contributed by atoms with Gasteiger partial charge in [0.05, 0.1) is 13.2 Å². The quantitative estimate of drug-likeness (QED) is 0.0471. The van der Waals surface area contributed by atoms with Crippen LogP contribution >= 0.6 is 0 Å². The van der Waals surface area contributed by atoms with Crippen molar-refractivity contribution in [2.24, 2.45) is 0 Å². The molecule has 0 fully saturated rings. The lowest BCUT2D eigenvalue weighted by atomic mass is 9.94. The van der Waals surface area contributed by atoms with Crippen molar-refractivity contribution < 1.29 is 54.0 Å². The summed E-state index contributed by atoms with van der Waals surface area (Å²) in [6.45, 7) is 2.20. The molecule has 0 aromatic heterocycles. The molecule has 8 N–H and O–H groups in total. The Morgan fingerprint density at radius 2 is 1.31 bits per heavy atom. The number of phenols is 2. The van der Waals surface area contributed by atoms with Gasteiger partial charge in [0, 0.05) is 38.1 Å². The second-order valence-electron chi connectivity index (χ2n) is 18.4. The number of aromatic hydroxyl groups is 2. The number of aliphatic hydroxyl groups excluding tert-OH is 1. The number of benzene rings is 3. The lowest BCUT2D eigenvalue weighted by Gasteiger charge is -2.30. The Morgan fingerprint density at radius 1 is 0.729 bits per heavy atom. The Kier molecular flexibility index (Phi) is 23.1. The summed E-state index contributed by atoms with van der Waals surface area (Å²) in [6.07, 6.45) is 15.5. The van der Waals surface area contributed by atoms with Crippen LogP contribution in [-0.4, -0.2) is 123 Å². The van der Waals surface area contributed by atoms with E-state index in [1.54, 1.807) is 0 Å². The SMILES string of the molecule is CCCCCCCCCCCCCCCC(=O)N(C)[C@H](CO)C(=O)N[C@H](CCc1ccccc1)C(=O)NCC(=O)N(C)[C@@H]1C(=O)N[C@@H](C)C(=O)N[C@H](C(=O)O)Cc2ccc(O)c(c2)-c2cc1ccc2O. The molecule has 0 saturated carbocycles. The van der Waals surface area contributed by atoms with Gasteiger partial charge in [-0.25, -0.2) is 4.79 Å². The van der Waals surface area contributed by atoms with Crippen LogP contribution in [-0.2, 0) is 46.4 Å². The molecular weight excluding hydrogens is 897 g/mol. The molecule has 17 nitrogen and oxygen atoms in total. The van der Waals surface area contributed by atoms with E-state index in [0.717, 1.165) is 29.7 Å². The summed E-state index contributed by atoms with van der Waals surface area (Å²) < 4.78 is 0. The highest BCUT2D eigenvalue weighted by Crippen LogP contribution is 2.38. The van der Waals surface area contributed by atoms with Crippen LogP contribution in [0.2, 0.25) is 0 Å². The zero-order valence-electron chi connectivity index (χ0n) is 41.2. The van der Waals surface area contributed by atoms with Gasteiger partial charge in [0.15, 0.2) is 0 Å². The smallest absolute Gasteiger partial charge is 0.326 e. The monoisotopic (exact) mass is 971 g/mol. The molecule has 1 aliphatic heterocycles. The fraction of sp³-hybridized carbons (Fsp3) is 0.528. The van der Waals surface area contributed by atoms with Crippen LogP contribution in [0, 0.1) is 0 Å². The number of carboxylic acids is 1. The van der Waals surface area contributed by atoms with Crippen molar-refractivity contribution in [1.29, 1.82) is 0 Å². The fourth-order valence-corrected chi connectivity index (χ4v) is 8.58. The highest BCUT2D eigenvalue weighted by atomic mass is 16.4. The van der Waals surface area contributed by atoms with Gasteiger partial charge in [-0.2, -0.15) is 0 Å². The second-order valence-corrected chi connectivity index (χ2v) is 18.4. The minimum absolute atomic E-state index is 0.0648. The van der Waals surface area contributed by atoms with Crippen molar-refractivity contribution in [2.75, 3.05) is 27.2 Å². The molecule has 4 bridgehead atoms. The van der Waals surface area contributed by atoms with Crippen LogP contribution in [0.15, 0.2) is 66.7 Å². The number of carboxylic acid groups (broad SMARTS) is 1. The van der Waals surface area contributed by atoms with Crippen LogP contribution in [0.1, 0.15) is 133 Å². The van der Waals surface area contributed by atoms with E-state index in [4.69, 9.17) is 0 Å². The van der Waals surface area contributed by atoms with Crippen molar-refractivity contribution in [3.8, 4) is 22.6 Å². The van der Waals surface area contributed by atoms with Gasteiger partial charge >= 0.3 is 5.97 Å². The number of hydrogen-bond acceptors (Lipinski definition) is 10. The molecule has 17 heteroatoms. The Hall–Kier alpha value is -6.49. The van der Waals surface area contributed by atoms with Gasteiger partial charge in [0.25, 0.3) is 0 Å². The molecule has 5 atom stereocenters. The number of aliphatic hydroxyl groups is 1. The van der Waals surface area contributed by atoms with Crippen molar-refractivity contribution in [1.82, 2.24) is 31.1 Å². The third-order valence-corrected chi connectivity index (χ3v) is 13.0. The van der Waals surface area contributed by atoms with E-state index in [2.05, 4.69) is 28.2 Å². The number of phenolic OH excluding ortho intramolecular Hbond substituents is 2. The van der Waals surface area contributed by atoms with Crippen molar-refractivity contribution in [3.05, 3.63) is 83.4 Å². The number of unbranched alkanes of at least 4 members (excludes halogenated alkanes) is 12. The standard InChI is InChI=1S/C53H74N6O11/c1-5-6-7-8-9-10-11-12-13-14-15-16-20-23-46(63)58(3)43(34-60)51(67)56-41(27-24-36-21-18-17-19-22-36)50(66)54-33-47(64)59(4)48-38-26-29-45(62)40(32-38)39-30-37(25-28-44(39)61)31-42(53(69)70)57-49(65)35(2)55-52(48)68/h17-19,21-22,25-26,28-30,32,35,41-43,48,60-62H,5-16,20,23-24,27,31,33-34H2,1-4H3,(H,54,66)(H,55,68)(H,56,67)(H,57,65)(H,69,70)/t35-,41+,42-,43+,48-/m0/s1. The molecule has 382 valence electrons. The number of nitrogens with one attached hydrogen (secondary N) is 4. The molecule has 0 saturated heterocycles. The maximum Gasteiger partial charge on any atom is 0.326 e. The Labute approximate surface area is 411 Å². The van der Waals surface area contributed by atoms with Crippen molar-refractivity contribution >= 4 is 41.4 Å². The third-order valence-electron chi connectivity index (χ3n) is 13.0. The maximum absolute atomic E-state index is 14.1. The van der Waals surface area contributed by atoms with E-state index in [1.807, 2.05) is 30.3 Å². The summed E-state index contributed by atoms with van der Waals surface area (Å²) in [5, 5.41) is 52.3. The number of fused-ring (bicyclic) bond motifs is 5.